The van der Waals surface area contributed by atoms with E-state index < -0.39 is 0 Å². The molecule has 1 aromatic heterocycles. The van der Waals surface area contributed by atoms with Gasteiger partial charge in [0.05, 0.1) is 12.8 Å². The summed E-state index contributed by atoms with van der Waals surface area (Å²) in [6, 6.07) is 0. The van der Waals surface area contributed by atoms with Gasteiger partial charge in [-0.25, -0.2) is 0 Å². The number of aryl methyl sites for hydroxylation is 1. The number of rotatable bonds is 7. The molecule has 0 aliphatic rings. The number of carbonyl (C=O) groups excluding carboxylic acids is 1. The van der Waals surface area contributed by atoms with Crippen molar-refractivity contribution in [3.05, 3.63) is 17.5 Å². The van der Waals surface area contributed by atoms with Crippen LogP contribution >= 0.6 is 0 Å². The van der Waals surface area contributed by atoms with Crippen molar-refractivity contribution < 1.29 is 9.53 Å². The number of nitrogens with zero attached hydrogens (tertiary/aromatic N) is 2. The van der Waals surface area contributed by atoms with Gasteiger partial charge in [0.1, 0.15) is 0 Å². The lowest BCUT2D eigenvalue weighted by Gasteiger charge is -2.04. The summed E-state index contributed by atoms with van der Waals surface area (Å²) >= 11 is 0. The van der Waals surface area contributed by atoms with Crippen molar-refractivity contribution in [1.82, 2.24) is 15.1 Å². The normalized spacial score (nSPS) is 10.5. The summed E-state index contributed by atoms with van der Waals surface area (Å²) in [5.74, 6) is -0.119. The van der Waals surface area contributed by atoms with Crippen LogP contribution in [0.1, 0.15) is 31.0 Å². The maximum atomic E-state index is 11.1. The molecule has 1 heterocycles. The van der Waals surface area contributed by atoms with Crippen LogP contribution in [-0.4, -0.2) is 28.9 Å². The van der Waals surface area contributed by atoms with E-state index in [1.807, 2.05) is 31.8 Å². The fourth-order valence-electron chi connectivity index (χ4n) is 1.53. The Morgan fingerprint density at radius 3 is 2.94 bits per heavy atom. The van der Waals surface area contributed by atoms with E-state index in [2.05, 4.69) is 10.4 Å². The molecule has 0 saturated heterocycles. The third kappa shape index (κ3) is 4.56. The molecular formula is C12H21N3O2. The summed E-state index contributed by atoms with van der Waals surface area (Å²) in [6.07, 6.45) is 3.15. The molecule has 0 radical (unpaired) electrons. The highest BCUT2D eigenvalue weighted by Crippen LogP contribution is 2.04. The van der Waals surface area contributed by atoms with Gasteiger partial charge < -0.3 is 10.1 Å². The number of aromatic nitrogens is 2. The summed E-state index contributed by atoms with van der Waals surface area (Å²) in [7, 11) is 1.93. The van der Waals surface area contributed by atoms with E-state index in [0.29, 0.717) is 13.0 Å². The van der Waals surface area contributed by atoms with E-state index in [1.54, 1.807) is 0 Å². The molecular weight excluding hydrogens is 218 g/mol. The van der Waals surface area contributed by atoms with E-state index in [4.69, 9.17) is 4.74 Å². The first-order valence-corrected chi connectivity index (χ1v) is 5.99. The monoisotopic (exact) mass is 239 g/mol. The molecule has 0 spiro atoms. The molecule has 5 heteroatoms. The van der Waals surface area contributed by atoms with Gasteiger partial charge in [0.15, 0.2) is 0 Å². The molecule has 0 saturated carbocycles. The van der Waals surface area contributed by atoms with Crippen molar-refractivity contribution in [2.45, 2.75) is 33.2 Å². The minimum Gasteiger partial charge on any atom is -0.466 e. The zero-order chi connectivity index (χ0) is 12.7. The standard InChI is InChI=1S/C12H21N3O2/c1-4-17-12(16)6-5-7-13-8-11-9-14-15(3)10(11)2/h9,13H,4-8H2,1-3H3. The van der Waals surface area contributed by atoms with Gasteiger partial charge in [-0.2, -0.15) is 5.10 Å². The first kappa shape index (κ1) is 13.7. The molecule has 0 aliphatic heterocycles. The highest BCUT2D eigenvalue weighted by atomic mass is 16.5. The van der Waals surface area contributed by atoms with Crippen molar-refractivity contribution in [3.63, 3.8) is 0 Å². The fourth-order valence-corrected chi connectivity index (χ4v) is 1.53. The highest BCUT2D eigenvalue weighted by Gasteiger charge is 2.03. The summed E-state index contributed by atoms with van der Waals surface area (Å²) in [6.45, 7) is 5.93. The molecule has 0 aliphatic carbocycles. The number of carbonyl (C=O) groups is 1. The minimum absolute atomic E-state index is 0.119. The average Bonchev–Trinajstić information content (AvgIpc) is 2.60. The van der Waals surface area contributed by atoms with Crippen molar-refractivity contribution >= 4 is 5.97 Å². The zero-order valence-corrected chi connectivity index (χ0v) is 10.8. The van der Waals surface area contributed by atoms with Gasteiger partial charge in [-0.1, -0.05) is 0 Å². The predicted molar refractivity (Wildman–Crippen MR) is 65.5 cm³/mol. The van der Waals surface area contributed by atoms with Crippen LogP contribution in [-0.2, 0) is 23.1 Å². The lowest BCUT2D eigenvalue weighted by Crippen LogP contribution is -2.16. The second-order valence-electron chi connectivity index (χ2n) is 3.96. The Hall–Kier alpha value is -1.36. The molecule has 96 valence electrons. The van der Waals surface area contributed by atoms with Crippen LogP contribution in [0.15, 0.2) is 6.20 Å². The lowest BCUT2D eigenvalue weighted by molar-refractivity contribution is -0.143. The number of ether oxygens (including phenoxy) is 1. The number of esters is 1. The molecule has 0 bridgehead atoms. The van der Waals surface area contributed by atoms with Gasteiger partial charge in [0, 0.05) is 31.3 Å². The number of hydrogen-bond acceptors (Lipinski definition) is 4. The summed E-state index contributed by atoms with van der Waals surface area (Å²) in [4.78, 5) is 11.1. The van der Waals surface area contributed by atoms with Gasteiger partial charge >= 0.3 is 5.97 Å². The van der Waals surface area contributed by atoms with Crippen molar-refractivity contribution in [1.29, 1.82) is 0 Å². The topological polar surface area (TPSA) is 56.1 Å². The maximum absolute atomic E-state index is 11.1. The Balaban J connectivity index is 2.12. The van der Waals surface area contributed by atoms with Crippen LogP contribution in [0.4, 0.5) is 0 Å². The molecule has 17 heavy (non-hydrogen) atoms. The Bertz CT molecular complexity index is 361. The van der Waals surface area contributed by atoms with Crippen LogP contribution < -0.4 is 5.32 Å². The van der Waals surface area contributed by atoms with E-state index in [-0.39, 0.29) is 5.97 Å². The average molecular weight is 239 g/mol. The first-order valence-electron chi connectivity index (χ1n) is 5.99. The van der Waals surface area contributed by atoms with E-state index in [1.165, 1.54) is 11.3 Å². The van der Waals surface area contributed by atoms with E-state index >= 15 is 0 Å². The molecule has 0 unspecified atom stereocenters. The van der Waals surface area contributed by atoms with Crippen LogP contribution in [0, 0.1) is 6.92 Å². The smallest absolute Gasteiger partial charge is 0.305 e. The van der Waals surface area contributed by atoms with Crippen LogP contribution in [0.3, 0.4) is 0 Å². The van der Waals surface area contributed by atoms with Gasteiger partial charge in [-0.05, 0) is 26.8 Å². The van der Waals surface area contributed by atoms with Crippen molar-refractivity contribution in [3.8, 4) is 0 Å². The minimum atomic E-state index is -0.119. The van der Waals surface area contributed by atoms with Crippen LogP contribution in [0.25, 0.3) is 0 Å². The third-order valence-electron chi connectivity index (χ3n) is 2.69. The molecule has 0 amide bonds. The highest BCUT2D eigenvalue weighted by molar-refractivity contribution is 5.69. The first-order chi connectivity index (χ1) is 8.15. The Labute approximate surface area is 102 Å². The molecule has 1 N–H and O–H groups in total. The number of nitrogens with one attached hydrogen (secondary N) is 1. The molecule has 0 aromatic carbocycles. The second-order valence-corrected chi connectivity index (χ2v) is 3.96. The molecule has 5 nitrogen and oxygen atoms in total. The summed E-state index contributed by atoms with van der Waals surface area (Å²) in [5, 5.41) is 7.46. The van der Waals surface area contributed by atoms with Crippen molar-refractivity contribution in [2.75, 3.05) is 13.2 Å². The lowest BCUT2D eigenvalue weighted by atomic mass is 10.2. The van der Waals surface area contributed by atoms with E-state index in [0.717, 1.165) is 19.5 Å². The third-order valence-corrected chi connectivity index (χ3v) is 2.69. The molecule has 0 fully saturated rings. The van der Waals surface area contributed by atoms with E-state index in [9.17, 15) is 4.79 Å². The van der Waals surface area contributed by atoms with Crippen LogP contribution in [0.2, 0.25) is 0 Å². The summed E-state index contributed by atoms with van der Waals surface area (Å²) in [5.41, 5.74) is 2.37. The number of hydrogen-bond donors (Lipinski definition) is 1. The molecule has 1 aromatic rings. The van der Waals surface area contributed by atoms with Gasteiger partial charge in [0.2, 0.25) is 0 Å². The van der Waals surface area contributed by atoms with Gasteiger partial charge in [-0.15, -0.1) is 0 Å². The Morgan fingerprint density at radius 1 is 1.59 bits per heavy atom. The van der Waals surface area contributed by atoms with Gasteiger partial charge in [0.25, 0.3) is 0 Å². The quantitative estimate of drug-likeness (QED) is 0.573. The second kappa shape index (κ2) is 7.06. The zero-order valence-electron chi connectivity index (χ0n) is 10.8. The Kier molecular flexibility index (Phi) is 5.69. The van der Waals surface area contributed by atoms with Gasteiger partial charge in [-0.3, -0.25) is 9.48 Å². The molecule has 1 rings (SSSR count). The predicted octanol–water partition coefficient (Wildman–Crippen LogP) is 1.16. The van der Waals surface area contributed by atoms with Crippen LogP contribution in [0.5, 0.6) is 0 Å². The maximum Gasteiger partial charge on any atom is 0.305 e. The molecule has 0 atom stereocenters. The largest absolute Gasteiger partial charge is 0.466 e. The van der Waals surface area contributed by atoms with Crippen molar-refractivity contribution in [2.24, 2.45) is 7.05 Å². The SMILES string of the molecule is CCOC(=O)CCCNCc1cnn(C)c1C. The Morgan fingerprint density at radius 2 is 2.35 bits per heavy atom. The fraction of sp³-hybridized carbons (Fsp3) is 0.667. The summed E-state index contributed by atoms with van der Waals surface area (Å²) < 4.78 is 6.71.